The molecule has 0 spiro atoms. The third-order valence-corrected chi connectivity index (χ3v) is 5.93. The number of nitrogens with zero attached hydrogens (tertiary/aromatic N) is 4. The number of aromatic amines is 1. The van der Waals surface area contributed by atoms with Gasteiger partial charge in [0.1, 0.15) is 11.6 Å². The van der Waals surface area contributed by atoms with E-state index in [2.05, 4.69) is 37.5 Å². The van der Waals surface area contributed by atoms with Gasteiger partial charge in [0.05, 0.1) is 26.0 Å². The molecule has 0 radical (unpaired) electrons. The Bertz CT molecular complexity index is 1220. The van der Waals surface area contributed by atoms with Gasteiger partial charge in [-0.05, 0) is 43.2 Å². The van der Waals surface area contributed by atoms with Crippen LogP contribution in [0, 0.1) is 6.92 Å². The highest BCUT2D eigenvalue weighted by Crippen LogP contribution is 2.25. The highest BCUT2D eigenvalue weighted by atomic mass is 16.5. The van der Waals surface area contributed by atoms with E-state index in [4.69, 9.17) is 14.5 Å². The van der Waals surface area contributed by atoms with Crippen LogP contribution in [0.15, 0.2) is 67.0 Å². The molecular weight excluding hydrogens is 440 g/mol. The molecule has 2 N–H and O–H groups in total. The fraction of sp³-hybridized carbons (Fsp3) is 0.296. The van der Waals surface area contributed by atoms with Crippen LogP contribution in [0.3, 0.4) is 0 Å². The van der Waals surface area contributed by atoms with Gasteiger partial charge in [0.25, 0.3) is 0 Å². The molecule has 35 heavy (non-hydrogen) atoms. The zero-order chi connectivity index (χ0) is 23.9. The van der Waals surface area contributed by atoms with E-state index in [-0.39, 0.29) is 0 Å². The first-order chi connectivity index (χ1) is 17.2. The van der Waals surface area contributed by atoms with Gasteiger partial charge in [0.2, 0.25) is 0 Å². The smallest absolute Gasteiger partial charge is 0.161 e. The van der Waals surface area contributed by atoms with Gasteiger partial charge >= 0.3 is 0 Å². The minimum Gasteiger partial charge on any atom is -0.494 e. The highest BCUT2D eigenvalue weighted by Gasteiger charge is 2.10. The Balaban J connectivity index is 1.22. The molecule has 0 amide bonds. The molecule has 1 saturated heterocycles. The molecule has 0 aliphatic carbocycles. The van der Waals surface area contributed by atoms with Crippen molar-refractivity contribution in [2.75, 3.05) is 44.8 Å². The van der Waals surface area contributed by atoms with Crippen molar-refractivity contribution in [3.63, 3.8) is 0 Å². The van der Waals surface area contributed by atoms with Crippen LogP contribution >= 0.6 is 0 Å². The normalized spacial score (nSPS) is 14.1. The molecule has 2 aromatic heterocycles. The summed E-state index contributed by atoms with van der Waals surface area (Å²) in [5.41, 5.74) is 4.94. The first-order valence-electron chi connectivity index (χ1n) is 12.0. The van der Waals surface area contributed by atoms with E-state index in [9.17, 15) is 0 Å². The van der Waals surface area contributed by atoms with Gasteiger partial charge < -0.3 is 14.8 Å². The number of nitrogens with one attached hydrogen (secondary N) is 2. The monoisotopic (exact) mass is 470 g/mol. The summed E-state index contributed by atoms with van der Waals surface area (Å²) < 4.78 is 11.4. The second-order valence-electron chi connectivity index (χ2n) is 8.59. The SMILES string of the molecule is Cc1cc(Nc2ccc(-c3cn[nH]c3)cc2)nc(-c2cccc(OCCCN3CCOCC3)c2)n1. The van der Waals surface area contributed by atoms with Gasteiger partial charge in [0, 0.05) is 54.4 Å². The summed E-state index contributed by atoms with van der Waals surface area (Å²) in [5, 5.41) is 10.3. The topological polar surface area (TPSA) is 88.2 Å². The van der Waals surface area contributed by atoms with E-state index in [1.165, 1.54) is 0 Å². The van der Waals surface area contributed by atoms with Crippen molar-refractivity contribution in [2.45, 2.75) is 13.3 Å². The third kappa shape index (κ3) is 6.23. The molecule has 0 bridgehead atoms. The van der Waals surface area contributed by atoms with E-state index in [0.29, 0.717) is 12.4 Å². The summed E-state index contributed by atoms with van der Waals surface area (Å²) in [6, 6.07) is 18.1. The van der Waals surface area contributed by atoms with Crippen molar-refractivity contribution in [3.8, 4) is 28.3 Å². The largest absolute Gasteiger partial charge is 0.494 e. The highest BCUT2D eigenvalue weighted by molar-refractivity contribution is 5.67. The minimum absolute atomic E-state index is 0.668. The molecule has 2 aromatic carbocycles. The Morgan fingerprint density at radius 1 is 1.00 bits per heavy atom. The zero-order valence-electron chi connectivity index (χ0n) is 19.9. The summed E-state index contributed by atoms with van der Waals surface area (Å²) in [4.78, 5) is 11.8. The van der Waals surface area contributed by atoms with Crippen molar-refractivity contribution < 1.29 is 9.47 Å². The van der Waals surface area contributed by atoms with Crippen LogP contribution < -0.4 is 10.1 Å². The maximum absolute atomic E-state index is 6.02. The lowest BCUT2D eigenvalue weighted by molar-refractivity contribution is 0.0358. The summed E-state index contributed by atoms with van der Waals surface area (Å²) >= 11 is 0. The first-order valence-corrected chi connectivity index (χ1v) is 12.0. The maximum Gasteiger partial charge on any atom is 0.161 e. The summed E-state index contributed by atoms with van der Waals surface area (Å²) in [7, 11) is 0. The van der Waals surface area contributed by atoms with Crippen molar-refractivity contribution in [1.29, 1.82) is 0 Å². The molecule has 8 heteroatoms. The molecule has 180 valence electrons. The second-order valence-corrected chi connectivity index (χ2v) is 8.59. The summed E-state index contributed by atoms with van der Waals surface area (Å²) in [5.74, 6) is 2.25. The van der Waals surface area contributed by atoms with Crippen LogP contribution in [0.2, 0.25) is 0 Å². The Hall–Kier alpha value is -3.75. The van der Waals surface area contributed by atoms with Crippen LogP contribution in [0.1, 0.15) is 12.1 Å². The Kier molecular flexibility index (Phi) is 7.31. The number of anilines is 2. The van der Waals surface area contributed by atoms with Crippen molar-refractivity contribution in [1.82, 2.24) is 25.1 Å². The molecule has 3 heterocycles. The number of benzene rings is 2. The first kappa shape index (κ1) is 23.0. The number of aromatic nitrogens is 4. The molecule has 1 aliphatic heterocycles. The Morgan fingerprint density at radius 3 is 2.66 bits per heavy atom. The van der Waals surface area contributed by atoms with Gasteiger partial charge in [0.15, 0.2) is 5.82 Å². The zero-order valence-corrected chi connectivity index (χ0v) is 19.9. The molecule has 0 unspecified atom stereocenters. The van der Waals surface area contributed by atoms with Crippen LogP contribution in [0.4, 0.5) is 11.5 Å². The summed E-state index contributed by atoms with van der Waals surface area (Å²) in [6.45, 7) is 7.35. The molecule has 5 rings (SSSR count). The lowest BCUT2D eigenvalue weighted by Crippen LogP contribution is -2.37. The van der Waals surface area contributed by atoms with E-state index in [1.54, 1.807) is 0 Å². The molecular formula is C27H30N6O2. The fourth-order valence-corrected chi connectivity index (χ4v) is 4.09. The maximum atomic E-state index is 6.02. The predicted molar refractivity (Wildman–Crippen MR) is 137 cm³/mol. The molecule has 1 aliphatic rings. The number of aryl methyl sites for hydroxylation is 1. The average Bonchev–Trinajstić information content (AvgIpc) is 3.43. The third-order valence-electron chi connectivity index (χ3n) is 5.93. The van der Waals surface area contributed by atoms with Crippen LogP contribution in [-0.4, -0.2) is 64.5 Å². The molecule has 8 nitrogen and oxygen atoms in total. The van der Waals surface area contributed by atoms with Crippen LogP contribution in [-0.2, 0) is 4.74 Å². The van der Waals surface area contributed by atoms with E-state index < -0.39 is 0 Å². The lowest BCUT2D eigenvalue weighted by Gasteiger charge is -2.26. The van der Waals surface area contributed by atoms with E-state index in [1.807, 2.05) is 61.8 Å². The standard InChI is InChI=1S/C27H30N6O2/c1-20-16-26(31-24-8-6-21(7-9-24)23-18-28-29-19-23)32-27(30-20)22-4-2-5-25(17-22)35-13-3-10-33-11-14-34-15-12-33/h2,4-9,16-19H,3,10-15H2,1H3,(H,28,29)(H,30,31,32). The number of rotatable bonds is 9. The number of ether oxygens (including phenoxy) is 2. The number of hydrogen-bond donors (Lipinski definition) is 2. The van der Waals surface area contributed by atoms with E-state index >= 15 is 0 Å². The van der Waals surface area contributed by atoms with E-state index in [0.717, 1.165) is 78.9 Å². The Labute approximate surface area is 205 Å². The second kappa shape index (κ2) is 11.1. The molecule has 0 atom stereocenters. The fourth-order valence-electron chi connectivity index (χ4n) is 4.09. The van der Waals surface area contributed by atoms with Crippen LogP contribution in [0.5, 0.6) is 5.75 Å². The molecule has 1 fully saturated rings. The molecule has 0 saturated carbocycles. The summed E-state index contributed by atoms with van der Waals surface area (Å²) in [6.07, 6.45) is 4.67. The quantitative estimate of drug-likeness (QED) is 0.343. The van der Waals surface area contributed by atoms with Gasteiger partial charge in [-0.25, -0.2) is 9.97 Å². The minimum atomic E-state index is 0.668. The average molecular weight is 471 g/mol. The van der Waals surface area contributed by atoms with Gasteiger partial charge in [-0.2, -0.15) is 5.10 Å². The lowest BCUT2D eigenvalue weighted by atomic mass is 10.1. The van der Waals surface area contributed by atoms with Crippen molar-refractivity contribution in [2.24, 2.45) is 0 Å². The number of hydrogen-bond acceptors (Lipinski definition) is 7. The van der Waals surface area contributed by atoms with Gasteiger partial charge in [-0.1, -0.05) is 24.3 Å². The van der Waals surface area contributed by atoms with Crippen LogP contribution in [0.25, 0.3) is 22.5 Å². The number of H-pyrrole nitrogens is 1. The predicted octanol–water partition coefficient (Wildman–Crippen LogP) is 4.69. The van der Waals surface area contributed by atoms with Crippen molar-refractivity contribution >= 4 is 11.5 Å². The van der Waals surface area contributed by atoms with Gasteiger partial charge in [-0.3, -0.25) is 10.00 Å². The van der Waals surface area contributed by atoms with Crippen molar-refractivity contribution in [3.05, 3.63) is 72.7 Å². The molecule has 4 aromatic rings. The Morgan fingerprint density at radius 2 is 1.86 bits per heavy atom. The van der Waals surface area contributed by atoms with Gasteiger partial charge in [-0.15, -0.1) is 0 Å². The number of morpholine rings is 1.